The first-order valence-electron chi connectivity index (χ1n) is 9.81. The first kappa shape index (κ1) is 20.6. The summed E-state index contributed by atoms with van der Waals surface area (Å²) < 4.78 is 5.53. The van der Waals surface area contributed by atoms with Crippen LogP contribution in [0.25, 0.3) is 0 Å². The minimum absolute atomic E-state index is 0.0557. The van der Waals surface area contributed by atoms with Crippen molar-refractivity contribution in [2.45, 2.75) is 64.0 Å². The van der Waals surface area contributed by atoms with Crippen molar-refractivity contribution in [3.05, 3.63) is 29.8 Å². The number of hydrogen-bond donors (Lipinski definition) is 4. The molecule has 1 aliphatic carbocycles. The molecule has 3 atom stereocenters. The molecule has 2 aromatic rings. The van der Waals surface area contributed by atoms with Crippen LogP contribution in [0, 0.1) is 0 Å². The summed E-state index contributed by atoms with van der Waals surface area (Å²) in [5, 5.41) is 13.2. The molecule has 10 nitrogen and oxygen atoms in total. The summed E-state index contributed by atoms with van der Waals surface area (Å²) in [6, 6.07) is 2.03. The highest BCUT2D eigenvalue weighted by Crippen LogP contribution is 2.36. The number of alkyl carbamates (subject to hydrolysis) is 1. The summed E-state index contributed by atoms with van der Waals surface area (Å²) in [5.74, 6) is 0.943. The predicted octanol–water partition coefficient (Wildman–Crippen LogP) is 2.13. The number of carbonyl (C=O) groups is 2. The Hall–Kier alpha value is -3.17. The number of H-pyrrole nitrogens is 1. The molecule has 29 heavy (non-hydrogen) atoms. The molecule has 0 bridgehead atoms. The number of nitrogens with two attached hydrogens (primary N) is 1. The highest BCUT2D eigenvalue weighted by Gasteiger charge is 2.30. The maximum Gasteiger partial charge on any atom is 0.407 e. The van der Waals surface area contributed by atoms with E-state index in [9.17, 15) is 9.59 Å². The summed E-state index contributed by atoms with van der Waals surface area (Å²) in [4.78, 5) is 31.2. The number of nitrogens with one attached hydrogen (secondary N) is 3. The van der Waals surface area contributed by atoms with E-state index in [1.54, 1.807) is 0 Å². The lowest BCUT2D eigenvalue weighted by atomic mass is 10.0. The van der Waals surface area contributed by atoms with Gasteiger partial charge in [-0.25, -0.2) is 9.78 Å². The molecule has 5 N–H and O–H groups in total. The fraction of sp³-hybridized carbons (Fsp3) is 0.526. The summed E-state index contributed by atoms with van der Waals surface area (Å²) >= 11 is 0. The largest absolute Gasteiger partial charge is 0.446 e. The van der Waals surface area contributed by atoms with Crippen molar-refractivity contribution in [3.63, 3.8) is 0 Å². The van der Waals surface area contributed by atoms with Crippen LogP contribution in [0.2, 0.25) is 0 Å². The van der Waals surface area contributed by atoms with Crippen molar-refractivity contribution >= 4 is 23.6 Å². The Labute approximate surface area is 169 Å². The zero-order chi connectivity index (χ0) is 20.8. The number of rotatable bonds is 8. The molecule has 2 amide bonds. The first-order valence-corrected chi connectivity index (χ1v) is 9.81. The highest BCUT2D eigenvalue weighted by atomic mass is 16.6. The average Bonchev–Trinajstić information content (AvgIpc) is 3.32. The molecule has 0 saturated heterocycles. The normalized spacial score (nSPS) is 19.5. The molecule has 0 aromatic carbocycles. The standard InChI is InChI=1S/C19H27N7O3/c1-3-11(2)23-19(28)29-14-5-4-12(6-14)15-8-17(26-25-15)24-18-10-21-13(9-22-18)7-16(20)27/h8-12,14H,3-7H2,1-2H3,(H2,20,27)(H,23,28)(H2,22,24,25,26)/t11?,12-,14+/m0/s1. The average molecular weight is 401 g/mol. The number of aromatic amines is 1. The monoisotopic (exact) mass is 401 g/mol. The molecule has 0 spiro atoms. The fourth-order valence-electron chi connectivity index (χ4n) is 3.25. The molecule has 10 heteroatoms. The Bertz CT molecular complexity index is 837. The second-order valence-electron chi connectivity index (χ2n) is 7.36. The van der Waals surface area contributed by atoms with E-state index in [0.29, 0.717) is 17.3 Å². The van der Waals surface area contributed by atoms with Gasteiger partial charge in [-0.05, 0) is 32.6 Å². The van der Waals surface area contributed by atoms with E-state index in [1.165, 1.54) is 12.4 Å². The number of amides is 2. The van der Waals surface area contributed by atoms with Crippen LogP contribution in [0.15, 0.2) is 18.5 Å². The minimum Gasteiger partial charge on any atom is -0.446 e. The smallest absolute Gasteiger partial charge is 0.407 e. The third-order valence-corrected chi connectivity index (χ3v) is 4.99. The van der Waals surface area contributed by atoms with E-state index in [-0.39, 0.29) is 30.6 Å². The van der Waals surface area contributed by atoms with Crippen LogP contribution < -0.4 is 16.4 Å². The van der Waals surface area contributed by atoms with Crippen molar-refractivity contribution in [1.29, 1.82) is 0 Å². The molecular weight excluding hydrogens is 374 g/mol. The van der Waals surface area contributed by atoms with Crippen molar-refractivity contribution in [3.8, 4) is 0 Å². The van der Waals surface area contributed by atoms with Gasteiger partial charge in [-0.2, -0.15) is 5.10 Å². The number of anilines is 2. The van der Waals surface area contributed by atoms with Gasteiger partial charge in [0.1, 0.15) is 11.9 Å². The lowest BCUT2D eigenvalue weighted by Crippen LogP contribution is -2.34. The third kappa shape index (κ3) is 5.90. The van der Waals surface area contributed by atoms with Crippen LogP contribution in [-0.4, -0.2) is 44.3 Å². The summed E-state index contributed by atoms with van der Waals surface area (Å²) in [5.41, 5.74) is 6.64. The molecule has 2 aromatic heterocycles. The van der Waals surface area contributed by atoms with Gasteiger partial charge in [0.05, 0.1) is 24.5 Å². The van der Waals surface area contributed by atoms with E-state index >= 15 is 0 Å². The summed E-state index contributed by atoms with van der Waals surface area (Å²) in [6.45, 7) is 3.97. The van der Waals surface area contributed by atoms with Gasteiger partial charge in [-0.1, -0.05) is 6.92 Å². The zero-order valence-corrected chi connectivity index (χ0v) is 16.6. The Balaban J connectivity index is 1.51. The second kappa shape index (κ2) is 9.35. The van der Waals surface area contributed by atoms with Gasteiger partial charge >= 0.3 is 6.09 Å². The van der Waals surface area contributed by atoms with Crippen LogP contribution in [0.5, 0.6) is 0 Å². The van der Waals surface area contributed by atoms with Crippen LogP contribution in [-0.2, 0) is 16.0 Å². The van der Waals surface area contributed by atoms with Gasteiger partial charge in [-0.3, -0.25) is 14.9 Å². The third-order valence-electron chi connectivity index (χ3n) is 4.99. The van der Waals surface area contributed by atoms with Gasteiger partial charge < -0.3 is 21.1 Å². The van der Waals surface area contributed by atoms with Crippen LogP contribution in [0.1, 0.15) is 56.8 Å². The highest BCUT2D eigenvalue weighted by molar-refractivity contribution is 5.76. The van der Waals surface area contributed by atoms with Gasteiger partial charge in [-0.15, -0.1) is 0 Å². The molecule has 0 aliphatic heterocycles. The zero-order valence-electron chi connectivity index (χ0n) is 16.6. The lowest BCUT2D eigenvalue weighted by molar-refractivity contribution is -0.117. The predicted molar refractivity (Wildman–Crippen MR) is 107 cm³/mol. The maximum atomic E-state index is 11.9. The molecule has 156 valence electrons. The number of ether oxygens (including phenoxy) is 1. The molecule has 0 radical (unpaired) electrons. The molecule has 1 aliphatic rings. The van der Waals surface area contributed by atoms with Crippen molar-refractivity contribution < 1.29 is 14.3 Å². The van der Waals surface area contributed by atoms with Gasteiger partial charge in [0.25, 0.3) is 0 Å². The van der Waals surface area contributed by atoms with E-state index in [1.807, 2.05) is 19.9 Å². The first-order chi connectivity index (χ1) is 13.9. The van der Waals surface area contributed by atoms with Gasteiger partial charge in [0, 0.05) is 23.7 Å². The molecular formula is C19H27N7O3. The Kier molecular flexibility index (Phi) is 6.63. The minimum atomic E-state index is -0.451. The Morgan fingerprint density at radius 1 is 1.31 bits per heavy atom. The quantitative estimate of drug-likeness (QED) is 0.529. The molecule has 2 heterocycles. The number of primary amides is 1. The van der Waals surface area contributed by atoms with Crippen molar-refractivity contribution in [1.82, 2.24) is 25.5 Å². The van der Waals surface area contributed by atoms with Crippen LogP contribution in [0.3, 0.4) is 0 Å². The maximum absolute atomic E-state index is 11.9. The molecule has 1 saturated carbocycles. The number of nitrogens with zero attached hydrogens (tertiary/aromatic N) is 3. The van der Waals surface area contributed by atoms with E-state index in [2.05, 4.69) is 30.8 Å². The lowest BCUT2D eigenvalue weighted by Gasteiger charge is -2.16. The van der Waals surface area contributed by atoms with E-state index in [4.69, 9.17) is 10.5 Å². The Morgan fingerprint density at radius 3 is 2.83 bits per heavy atom. The summed E-state index contributed by atoms with van der Waals surface area (Å²) in [6.07, 6.45) is 6.02. The van der Waals surface area contributed by atoms with E-state index in [0.717, 1.165) is 31.4 Å². The molecule has 3 rings (SSSR count). The van der Waals surface area contributed by atoms with Crippen molar-refractivity contribution in [2.75, 3.05) is 5.32 Å². The molecule has 1 fully saturated rings. The SMILES string of the molecule is CCC(C)NC(=O)O[C@@H]1CC[C@H](c2cc(Nc3cnc(CC(N)=O)cn3)n[nH]2)C1. The topological polar surface area (TPSA) is 148 Å². The van der Waals surface area contributed by atoms with E-state index < -0.39 is 5.91 Å². The molecule has 1 unspecified atom stereocenters. The fourth-order valence-corrected chi connectivity index (χ4v) is 3.25. The van der Waals surface area contributed by atoms with Gasteiger partial charge in [0.15, 0.2) is 5.82 Å². The van der Waals surface area contributed by atoms with Crippen LogP contribution >= 0.6 is 0 Å². The number of aromatic nitrogens is 4. The van der Waals surface area contributed by atoms with Crippen LogP contribution in [0.4, 0.5) is 16.4 Å². The van der Waals surface area contributed by atoms with Crippen molar-refractivity contribution in [2.24, 2.45) is 5.73 Å². The van der Waals surface area contributed by atoms with Gasteiger partial charge in [0.2, 0.25) is 5.91 Å². The second-order valence-corrected chi connectivity index (χ2v) is 7.36. The number of hydrogen-bond acceptors (Lipinski definition) is 7. The Morgan fingerprint density at radius 2 is 2.14 bits per heavy atom. The summed E-state index contributed by atoms with van der Waals surface area (Å²) in [7, 11) is 0. The number of carbonyl (C=O) groups excluding carboxylic acids is 2.